The number of primary amides is 1. The molecule has 0 spiro atoms. The maximum Gasteiger partial charge on any atom is 0.417 e. The van der Waals surface area contributed by atoms with Crippen LogP contribution >= 0.6 is 0 Å². The van der Waals surface area contributed by atoms with Crippen LogP contribution in [0.3, 0.4) is 0 Å². The number of nitriles is 1. The van der Waals surface area contributed by atoms with E-state index in [9.17, 15) is 22.8 Å². The van der Waals surface area contributed by atoms with E-state index in [0.717, 1.165) is 23.3 Å². The standard InChI is InChI=1S/C22H21F3N4O2/c1-14-2-4-15(5-3-14)10-20(30)28-8-9-29(19(13-28)21(27)31)17-7-6-16(12-26)18(11-17)22(23,24)25/h2-7,11,19H,8-10,13H2,1H3,(H2,27,31). The highest BCUT2D eigenvalue weighted by Crippen LogP contribution is 2.35. The molecular formula is C22H21F3N4O2. The van der Waals surface area contributed by atoms with Gasteiger partial charge in [0, 0.05) is 18.8 Å². The quantitative estimate of drug-likeness (QED) is 0.808. The first-order valence-corrected chi connectivity index (χ1v) is 9.61. The second-order valence-corrected chi connectivity index (χ2v) is 7.45. The van der Waals surface area contributed by atoms with Gasteiger partial charge in [-0.3, -0.25) is 9.59 Å². The summed E-state index contributed by atoms with van der Waals surface area (Å²) < 4.78 is 40.0. The van der Waals surface area contributed by atoms with E-state index >= 15 is 0 Å². The fraction of sp³-hybridized carbons (Fsp3) is 0.318. The van der Waals surface area contributed by atoms with Gasteiger partial charge in [-0.25, -0.2) is 0 Å². The molecule has 162 valence electrons. The van der Waals surface area contributed by atoms with Crippen molar-refractivity contribution in [3.63, 3.8) is 0 Å². The molecule has 1 fully saturated rings. The van der Waals surface area contributed by atoms with Crippen LogP contribution in [0.2, 0.25) is 0 Å². The average Bonchev–Trinajstić information content (AvgIpc) is 2.73. The number of piperazine rings is 1. The Hall–Kier alpha value is -3.54. The van der Waals surface area contributed by atoms with Gasteiger partial charge >= 0.3 is 6.18 Å². The van der Waals surface area contributed by atoms with Gasteiger partial charge < -0.3 is 15.5 Å². The lowest BCUT2D eigenvalue weighted by atomic mass is 10.0. The van der Waals surface area contributed by atoms with E-state index in [-0.39, 0.29) is 37.6 Å². The first-order valence-electron chi connectivity index (χ1n) is 9.61. The highest BCUT2D eigenvalue weighted by Gasteiger charge is 2.37. The molecule has 2 N–H and O–H groups in total. The van der Waals surface area contributed by atoms with Crippen molar-refractivity contribution in [2.75, 3.05) is 24.5 Å². The van der Waals surface area contributed by atoms with Gasteiger partial charge in [-0.05, 0) is 30.7 Å². The monoisotopic (exact) mass is 430 g/mol. The summed E-state index contributed by atoms with van der Waals surface area (Å²) >= 11 is 0. The molecule has 1 atom stereocenters. The van der Waals surface area contributed by atoms with E-state index in [1.807, 2.05) is 31.2 Å². The third kappa shape index (κ3) is 4.97. The Morgan fingerprint density at radius 3 is 2.42 bits per heavy atom. The zero-order valence-electron chi connectivity index (χ0n) is 16.8. The van der Waals surface area contributed by atoms with Gasteiger partial charge in [-0.15, -0.1) is 0 Å². The van der Waals surface area contributed by atoms with Crippen LogP contribution in [-0.4, -0.2) is 42.4 Å². The molecule has 6 nitrogen and oxygen atoms in total. The van der Waals surface area contributed by atoms with Gasteiger partial charge in [0.05, 0.1) is 30.2 Å². The van der Waals surface area contributed by atoms with Crippen LogP contribution < -0.4 is 10.6 Å². The number of hydrogen-bond donors (Lipinski definition) is 1. The Kier molecular flexibility index (Phi) is 6.20. The van der Waals surface area contributed by atoms with E-state index < -0.39 is 29.3 Å². The molecule has 0 aromatic heterocycles. The Bertz CT molecular complexity index is 1030. The van der Waals surface area contributed by atoms with E-state index in [1.54, 1.807) is 0 Å². The summed E-state index contributed by atoms with van der Waals surface area (Å²) in [6.07, 6.45) is -4.56. The number of anilines is 1. The molecule has 2 amide bonds. The normalized spacial score (nSPS) is 16.7. The van der Waals surface area contributed by atoms with Gasteiger partial charge in [0.25, 0.3) is 0 Å². The van der Waals surface area contributed by atoms with Gasteiger partial charge in [0.1, 0.15) is 6.04 Å². The lowest BCUT2D eigenvalue weighted by Gasteiger charge is -2.41. The molecule has 9 heteroatoms. The molecule has 1 saturated heterocycles. The highest BCUT2D eigenvalue weighted by atomic mass is 19.4. The summed E-state index contributed by atoms with van der Waals surface area (Å²) in [4.78, 5) is 27.7. The topological polar surface area (TPSA) is 90.4 Å². The summed E-state index contributed by atoms with van der Waals surface area (Å²) in [6.45, 7) is 2.28. The highest BCUT2D eigenvalue weighted by molar-refractivity contribution is 5.86. The van der Waals surface area contributed by atoms with Crippen molar-refractivity contribution in [1.29, 1.82) is 5.26 Å². The molecule has 2 aromatic rings. The molecule has 1 heterocycles. The van der Waals surface area contributed by atoms with Crippen molar-refractivity contribution in [1.82, 2.24) is 4.90 Å². The minimum Gasteiger partial charge on any atom is -0.368 e. The van der Waals surface area contributed by atoms with Crippen molar-refractivity contribution < 1.29 is 22.8 Å². The smallest absolute Gasteiger partial charge is 0.368 e. The Balaban J connectivity index is 1.81. The predicted octanol–water partition coefficient (Wildman–Crippen LogP) is 2.63. The van der Waals surface area contributed by atoms with Crippen LogP contribution in [0.5, 0.6) is 0 Å². The van der Waals surface area contributed by atoms with Crippen LogP contribution in [0.25, 0.3) is 0 Å². The number of carbonyl (C=O) groups excluding carboxylic acids is 2. The van der Waals surface area contributed by atoms with E-state index in [0.29, 0.717) is 0 Å². The molecule has 1 aliphatic heterocycles. The van der Waals surface area contributed by atoms with Crippen LogP contribution in [-0.2, 0) is 22.2 Å². The molecule has 1 aliphatic rings. The third-order valence-electron chi connectivity index (χ3n) is 5.30. The van der Waals surface area contributed by atoms with Crippen LogP contribution in [0, 0.1) is 18.3 Å². The summed E-state index contributed by atoms with van der Waals surface area (Å²) in [5.41, 5.74) is 5.96. The maximum absolute atomic E-state index is 13.3. The van der Waals surface area contributed by atoms with Crippen molar-refractivity contribution in [3.8, 4) is 6.07 Å². The molecule has 3 rings (SSSR count). The van der Waals surface area contributed by atoms with Crippen molar-refractivity contribution in [2.24, 2.45) is 5.73 Å². The number of hydrogen-bond acceptors (Lipinski definition) is 4. The van der Waals surface area contributed by atoms with E-state index in [2.05, 4.69) is 0 Å². The number of carbonyl (C=O) groups is 2. The number of amides is 2. The van der Waals surface area contributed by atoms with Crippen molar-refractivity contribution in [3.05, 3.63) is 64.7 Å². The molecule has 1 unspecified atom stereocenters. The minimum absolute atomic E-state index is 0.0264. The molecule has 0 bridgehead atoms. The molecule has 2 aromatic carbocycles. The van der Waals surface area contributed by atoms with Gasteiger partial charge in [-0.2, -0.15) is 18.4 Å². The molecule has 0 aliphatic carbocycles. The Morgan fingerprint density at radius 2 is 1.84 bits per heavy atom. The summed E-state index contributed by atoms with van der Waals surface area (Å²) in [7, 11) is 0. The van der Waals surface area contributed by atoms with Crippen molar-refractivity contribution in [2.45, 2.75) is 25.6 Å². The largest absolute Gasteiger partial charge is 0.417 e. The first kappa shape index (κ1) is 22.2. The van der Waals surface area contributed by atoms with E-state index in [1.165, 1.54) is 21.9 Å². The number of nitrogens with two attached hydrogens (primary N) is 1. The third-order valence-corrected chi connectivity index (χ3v) is 5.30. The lowest BCUT2D eigenvalue weighted by molar-refractivity contribution is -0.137. The average molecular weight is 430 g/mol. The molecule has 0 saturated carbocycles. The molecule has 31 heavy (non-hydrogen) atoms. The number of nitrogens with zero attached hydrogens (tertiary/aromatic N) is 3. The minimum atomic E-state index is -4.71. The number of halogens is 3. The second kappa shape index (κ2) is 8.68. The van der Waals surface area contributed by atoms with Gasteiger partial charge in [0.2, 0.25) is 11.8 Å². The lowest BCUT2D eigenvalue weighted by Crippen LogP contribution is -2.59. The number of rotatable bonds is 4. The summed E-state index contributed by atoms with van der Waals surface area (Å²) in [6, 6.07) is 11.3. The SMILES string of the molecule is Cc1ccc(CC(=O)N2CCN(c3ccc(C#N)c(C(F)(F)F)c3)C(C(N)=O)C2)cc1. The fourth-order valence-corrected chi connectivity index (χ4v) is 3.60. The number of benzene rings is 2. The van der Waals surface area contributed by atoms with Crippen LogP contribution in [0.1, 0.15) is 22.3 Å². The number of aryl methyl sites for hydroxylation is 1. The fourth-order valence-electron chi connectivity index (χ4n) is 3.60. The molecule has 0 radical (unpaired) electrons. The Morgan fingerprint density at radius 1 is 1.16 bits per heavy atom. The van der Waals surface area contributed by atoms with Crippen molar-refractivity contribution >= 4 is 17.5 Å². The zero-order chi connectivity index (χ0) is 22.8. The van der Waals surface area contributed by atoms with Crippen LogP contribution in [0.15, 0.2) is 42.5 Å². The zero-order valence-corrected chi connectivity index (χ0v) is 16.8. The predicted molar refractivity (Wildman–Crippen MR) is 108 cm³/mol. The summed E-state index contributed by atoms with van der Waals surface area (Å²) in [5, 5.41) is 8.97. The van der Waals surface area contributed by atoms with Crippen LogP contribution in [0.4, 0.5) is 18.9 Å². The molecular weight excluding hydrogens is 409 g/mol. The number of alkyl halides is 3. The van der Waals surface area contributed by atoms with E-state index in [4.69, 9.17) is 11.0 Å². The van der Waals surface area contributed by atoms with Gasteiger partial charge in [0.15, 0.2) is 0 Å². The second-order valence-electron chi connectivity index (χ2n) is 7.45. The maximum atomic E-state index is 13.3. The van der Waals surface area contributed by atoms with Gasteiger partial charge in [-0.1, -0.05) is 29.8 Å². The first-order chi connectivity index (χ1) is 14.6. The summed E-state index contributed by atoms with van der Waals surface area (Å²) in [5.74, 6) is -0.934. The Labute approximate surface area is 177 Å².